The molecule has 3 aromatic rings. The first-order chi connectivity index (χ1) is 15.4. The van der Waals surface area contributed by atoms with Crippen LogP contribution in [0, 0.1) is 12.7 Å². The fourth-order valence-electron chi connectivity index (χ4n) is 3.60. The van der Waals surface area contributed by atoms with Crippen molar-refractivity contribution in [3.8, 4) is 11.5 Å². The molecule has 0 fully saturated rings. The van der Waals surface area contributed by atoms with E-state index in [2.05, 4.69) is 5.32 Å². The standard InChI is InChI=1S/C25H21FN2O4/c1-15-5-4-6-18(13-15)27-23-22(16-7-9-17(26)10-8-16)24(29)28(25(23)30)19-11-12-20(31-2)21(14-19)32-3/h4-14,27H,1-3H3. The van der Waals surface area contributed by atoms with Crippen LogP contribution in [0.25, 0.3) is 5.57 Å². The fourth-order valence-corrected chi connectivity index (χ4v) is 3.60. The lowest BCUT2D eigenvalue weighted by atomic mass is 10.0. The summed E-state index contributed by atoms with van der Waals surface area (Å²) in [5.74, 6) is -0.628. The monoisotopic (exact) mass is 432 g/mol. The van der Waals surface area contributed by atoms with Gasteiger partial charge in [0.15, 0.2) is 11.5 Å². The van der Waals surface area contributed by atoms with Gasteiger partial charge in [-0.1, -0.05) is 24.3 Å². The Morgan fingerprint density at radius 3 is 2.22 bits per heavy atom. The predicted octanol–water partition coefficient (Wildman–Crippen LogP) is 4.55. The summed E-state index contributed by atoms with van der Waals surface area (Å²) in [6.45, 7) is 1.93. The van der Waals surface area contributed by atoms with Crippen molar-refractivity contribution in [1.82, 2.24) is 0 Å². The second-order valence-electron chi connectivity index (χ2n) is 7.24. The summed E-state index contributed by atoms with van der Waals surface area (Å²) in [5, 5.41) is 3.09. The van der Waals surface area contributed by atoms with Gasteiger partial charge in [-0.25, -0.2) is 9.29 Å². The van der Waals surface area contributed by atoms with Gasteiger partial charge in [0.2, 0.25) is 0 Å². The smallest absolute Gasteiger partial charge is 0.282 e. The van der Waals surface area contributed by atoms with Crippen molar-refractivity contribution in [2.75, 3.05) is 24.4 Å². The molecular weight excluding hydrogens is 411 g/mol. The molecule has 32 heavy (non-hydrogen) atoms. The Morgan fingerprint density at radius 2 is 1.56 bits per heavy atom. The van der Waals surface area contributed by atoms with Crippen molar-refractivity contribution in [2.45, 2.75) is 6.92 Å². The molecule has 0 atom stereocenters. The Labute approximate surface area is 184 Å². The summed E-state index contributed by atoms with van der Waals surface area (Å²) in [5.41, 5.74) is 2.69. The minimum atomic E-state index is -0.525. The lowest BCUT2D eigenvalue weighted by Gasteiger charge is -2.17. The molecule has 1 aliphatic heterocycles. The maximum absolute atomic E-state index is 13.5. The normalized spacial score (nSPS) is 13.6. The van der Waals surface area contributed by atoms with Crippen LogP contribution in [0.5, 0.6) is 11.5 Å². The highest BCUT2D eigenvalue weighted by Crippen LogP contribution is 2.37. The van der Waals surface area contributed by atoms with Gasteiger partial charge in [0.05, 0.1) is 25.5 Å². The SMILES string of the molecule is COc1ccc(N2C(=O)C(Nc3cccc(C)c3)=C(c3ccc(F)cc3)C2=O)cc1OC. The van der Waals surface area contributed by atoms with Gasteiger partial charge >= 0.3 is 0 Å². The first kappa shape index (κ1) is 21.1. The molecule has 6 nitrogen and oxygen atoms in total. The molecule has 4 rings (SSSR count). The number of carbonyl (C=O) groups is 2. The van der Waals surface area contributed by atoms with Crippen LogP contribution in [0.4, 0.5) is 15.8 Å². The molecule has 1 heterocycles. The highest BCUT2D eigenvalue weighted by Gasteiger charge is 2.40. The van der Waals surface area contributed by atoms with E-state index in [4.69, 9.17) is 9.47 Å². The third-order valence-electron chi connectivity index (χ3n) is 5.13. The van der Waals surface area contributed by atoms with Crippen LogP contribution in [-0.4, -0.2) is 26.0 Å². The average Bonchev–Trinajstić information content (AvgIpc) is 3.03. The van der Waals surface area contributed by atoms with Gasteiger partial charge in [-0.2, -0.15) is 0 Å². The van der Waals surface area contributed by atoms with Crippen molar-refractivity contribution < 1.29 is 23.5 Å². The first-order valence-corrected chi connectivity index (χ1v) is 9.87. The fraction of sp³-hybridized carbons (Fsp3) is 0.120. The van der Waals surface area contributed by atoms with Crippen molar-refractivity contribution in [3.63, 3.8) is 0 Å². The highest BCUT2D eigenvalue weighted by molar-refractivity contribution is 6.46. The van der Waals surface area contributed by atoms with Gasteiger partial charge in [-0.05, 0) is 54.4 Å². The number of imide groups is 1. The summed E-state index contributed by atoms with van der Waals surface area (Å²) in [7, 11) is 2.98. The van der Waals surface area contributed by atoms with Crippen LogP contribution < -0.4 is 19.7 Å². The largest absolute Gasteiger partial charge is 0.493 e. The van der Waals surface area contributed by atoms with Gasteiger partial charge in [0.25, 0.3) is 11.8 Å². The summed E-state index contributed by atoms with van der Waals surface area (Å²) in [4.78, 5) is 28.0. The first-order valence-electron chi connectivity index (χ1n) is 9.87. The van der Waals surface area contributed by atoms with Gasteiger partial charge in [-0.3, -0.25) is 9.59 Å². The van der Waals surface area contributed by atoms with Crippen molar-refractivity contribution in [3.05, 3.63) is 89.4 Å². The molecule has 0 aliphatic carbocycles. The Balaban J connectivity index is 1.82. The van der Waals surface area contributed by atoms with E-state index in [-0.39, 0.29) is 11.3 Å². The number of rotatable bonds is 6. The molecule has 1 N–H and O–H groups in total. The maximum Gasteiger partial charge on any atom is 0.282 e. The molecule has 0 unspecified atom stereocenters. The van der Waals surface area contributed by atoms with Crippen LogP contribution in [0.2, 0.25) is 0 Å². The summed E-state index contributed by atoms with van der Waals surface area (Å²) in [6, 6.07) is 17.7. The Hall–Kier alpha value is -4.13. The van der Waals surface area contributed by atoms with Crippen molar-refractivity contribution in [1.29, 1.82) is 0 Å². The number of carbonyl (C=O) groups excluding carboxylic acids is 2. The topological polar surface area (TPSA) is 67.9 Å². The van der Waals surface area contributed by atoms with Gasteiger partial charge < -0.3 is 14.8 Å². The van der Waals surface area contributed by atoms with E-state index in [0.29, 0.717) is 28.4 Å². The van der Waals surface area contributed by atoms with Gasteiger partial charge in [-0.15, -0.1) is 0 Å². The molecule has 1 aliphatic rings. The number of benzene rings is 3. The molecule has 0 saturated heterocycles. The number of nitrogens with zero attached hydrogens (tertiary/aromatic N) is 1. The number of ether oxygens (including phenoxy) is 2. The zero-order valence-electron chi connectivity index (χ0n) is 17.8. The molecule has 0 saturated carbocycles. The second kappa shape index (κ2) is 8.55. The number of anilines is 2. The second-order valence-corrected chi connectivity index (χ2v) is 7.24. The lowest BCUT2D eigenvalue weighted by molar-refractivity contribution is -0.120. The summed E-state index contributed by atoms with van der Waals surface area (Å²) >= 11 is 0. The Morgan fingerprint density at radius 1 is 0.844 bits per heavy atom. The summed E-state index contributed by atoms with van der Waals surface area (Å²) in [6.07, 6.45) is 0. The average molecular weight is 432 g/mol. The molecule has 3 aromatic carbocycles. The number of methoxy groups -OCH3 is 2. The lowest BCUT2D eigenvalue weighted by Crippen LogP contribution is -2.32. The third-order valence-corrected chi connectivity index (χ3v) is 5.13. The van der Waals surface area contributed by atoms with Crippen molar-refractivity contribution in [2.24, 2.45) is 0 Å². The molecule has 2 amide bonds. The molecule has 0 spiro atoms. The zero-order valence-corrected chi connectivity index (χ0v) is 17.8. The number of amides is 2. The Kier molecular flexibility index (Phi) is 5.64. The molecular formula is C25H21FN2O4. The number of hydrogen-bond acceptors (Lipinski definition) is 5. The quantitative estimate of drug-likeness (QED) is 0.579. The molecule has 0 aromatic heterocycles. The zero-order chi connectivity index (χ0) is 22.8. The van der Waals surface area contributed by atoms with E-state index in [1.54, 1.807) is 24.3 Å². The molecule has 0 bridgehead atoms. The minimum Gasteiger partial charge on any atom is -0.493 e. The number of aryl methyl sites for hydroxylation is 1. The van der Waals surface area contributed by atoms with E-state index in [1.165, 1.54) is 38.5 Å². The molecule has 7 heteroatoms. The highest BCUT2D eigenvalue weighted by atomic mass is 19.1. The number of nitrogens with one attached hydrogen (secondary N) is 1. The third kappa shape index (κ3) is 3.80. The number of halogens is 1. The van der Waals surface area contributed by atoms with Gasteiger partial charge in [0, 0.05) is 11.8 Å². The Bertz CT molecular complexity index is 1230. The van der Waals surface area contributed by atoms with Crippen LogP contribution in [0.1, 0.15) is 11.1 Å². The number of hydrogen-bond donors (Lipinski definition) is 1. The van der Waals surface area contributed by atoms with E-state index < -0.39 is 17.6 Å². The maximum atomic E-state index is 13.5. The molecule has 0 radical (unpaired) electrons. The van der Waals surface area contributed by atoms with Crippen LogP contribution in [0.15, 0.2) is 72.4 Å². The van der Waals surface area contributed by atoms with Crippen LogP contribution in [-0.2, 0) is 9.59 Å². The van der Waals surface area contributed by atoms with Crippen LogP contribution in [0.3, 0.4) is 0 Å². The van der Waals surface area contributed by atoms with Crippen LogP contribution >= 0.6 is 0 Å². The van der Waals surface area contributed by atoms with E-state index in [9.17, 15) is 14.0 Å². The van der Waals surface area contributed by atoms with E-state index >= 15 is 0 Å². The predicted molar refractivity (Wildman–Crippen MR) is 120 cm³/mol. The van der Waals surface area contributed by atoms with E-state index in [0.717, 1.165) is 10.5 Å². The summed E-state index contributed by atoms with van der Waals surface area (Å²) < 4.78 is 24.1. The minimum absolute atomic E-state index is 0.113. The van der Waals surface area contributed by atoms with Gasteiger partial charge in [0.1, 0.15) is 11.5 Å². The van der Waals surface area contributed by atoms with E-state index in [1.807, 2.05) is 25.1 Å². The van der Waals surface area contributed by atoms with Crippen molar-refractivity contribution >= 4 is 28.8 Å². The molecule has 162 valence electrons.